The van der Waals surface area contributed by atoms with Crippen molar-refractivity contribution in [2.75, 3.05) is 51.3 Å². The number of carbonyl (C=O) groups excluding carboxylic acids is 2. The van der Waals surface area contributed by atoms with Gasteiger partial charge in [0, 0.05) is 63.2 Å². The number of alkyl halides is 3. The molecule has 3 aromatic rings. The number of rotatable bonds is 4. The fourth-order valence-electron chi connectivity index (χ4n) is 4.96. The number of carbonyl (C=O) groups is 2. The lowest BCUT2D eigenvalue weighted by Gasteiger charge is -2.35. The number of piperazine rings is 1. The summed E-state index contributed by atoms with van der Waals surface area (Å²) >= 11 is 0. The number of anilines is 1. The van der Waals surface area contributed by atoms with E-state index >= 15 is 0 Å². The maximum absolute atomic E-state index is 12.9. The lowest BCUT2D eigenvalue weighted by atomic mass is 9.94. The number of ether oxygens (including phenoxy) is 1. The molecular formula is C25H26F3N5O3. The molecule has 0 bridgehead atoms. The number of hydrogen-bond donors (Lipinski definition) is 0. The minimum absolute atomic E-state index is 0.00858. The Labute approximate surface area is 205 Å². The predicted molar refractivity (Wildman–Crippen MR) is 127 cm³/mol. The van der Waals surface area contributed by atoms with Crippen LogP contribution in [0.2, 0.25) is 0 Å². The summed E-state index contributed by atoms with van der Waals surface area (Å²) in [6.45, 7) is 3.12. The fourth-order valence-corrected chi connectivity index (χ4v) is 4.96. The topological polar surface area (TPSA) is 70.4 Å². The average Bonchev–Trinajstić information content (AvgIpc) is 3.28. The first-order valence-electron chi connectivity index (χ1n) is 11.7. The van der Waals surface area contributed by atoms with E-state index < -0.39 is 18.6 Å². The minimum Gasteiger partial charge on any atom is -0.496 e. The van der Waals surface area contributed by atoms with Crippen molar-refractivity contribution in [3.8, 4) is 17.0 Å². The van der Waals surface area contributed by atoms with Crippen LogP contribution in [0, 0.1) is 0 Å². The Morgan fingerprint density at radius 1 is 1.11 bits per heavy atom. The number of amides is 2. The van der Waals surface area contributed by atoms with Gasteiger partial charge in [-0.2, -0.15) is 13.2 Å². The van der Waals surface area contributed by atoms with Crippen LogP contribution in [0.4, 0.5) is 18.9 Å². The standard InChI is InChI=1S/C25H26F3N5O3/c1-16(34)30-7-9-31(10-8-30)19-4-6-33-20(14-29-22(33)13-19)18-11-17-3-5-32(15-25(26,27)28)24(35)23(17)21(12-18)36-2/h4,6,11-14H,3,5,7-10,15H2,1-2H3. The second-order valence-corrected chi connectivity index (χ2v) is 9.05. The van der Waals surface area contributed by atoms with E-state index in [2.05, 4.69) is 9.88 Å². The van der Waals surface area contributed by atoms with Crippen LogP contribution in [0.3, 0.4) is 0 Å². The summed E-state index contributed by atoms with van der Waals surface area (Å²) in [5, 5.41) is 0. The Balaban J connectivity index is 1.44. The van der Waals surface area contributed by atoms with Gasteiger partial charge in [-0.05, 0) is 30.2 Å². The number of halogens is 3. The smallest absolute Gasteiger partial charge is 0.406 e. The Morgan fingerprint density at radius 2 is 1.86 bits per heavy atom. The first-order valence-corrected chi connectivity index (χ1v) is 11.7. The van der Waals surface area contributed by atoms with Crippen LogP contribution in [0.5, 0.6) is 5.75 Å². The second kappa shape index (κ2) is 9.03. The molecule has 11 heteroatoms. The fraction of sp³-hybridized carbons (Fsp3) is 0.400. The monoisotopic (exact) mass is 501 g/mol. The molecule has 2 amide bonds. The van der Waals surface area contributed by atoms with Crippen LogP contribution in [-0.2, 0) is 11.2 Å². The molecule has 5 rings (SSSR count). The van der Waals surface area contributed by atoms with Gasteiger partial charge in [0.15, 0.2) is 0 Å². The van der Waals surface area contributed by atoms with Crippen LogP contribution in [0.15, 0.2) is 36.7 Å². The molecule has 1 saturated heterocycles. The van der Waals surface area contributed by atoms with Gasteiger partial charge in [-0.25, -0.2) is 4.98 Å². The Morgan fingerprint density at radius 3 is 2.53 bits per heavy atom. The highest BCUT2D eigenvalue weighted by Gasteiger charge is 2.37. The summed E-state index contributed by atoms with van der Waals surface area (Å²) in [6, 6.07) is 7.49. The molecule has 8 nitrogen and oxygen atoms in total. The lowest BCUT2D eigenvalue weighted by Crippen LogP contribution is -2.48. The summed E-state index contributed by atoms with van der Waals surface area (Å²) in [5.74, 6) is -0.350. The van der Waals surface area contributed by atoms with Gasteiger partial charge in [0.1, 0.15) is 17.9 Å². The highest BCUT2D eigenvalue weighted by atomic mass is 19.4. The van der Waals surface area contributed by atoms with Gasteiger partial charge in [0.05, 0.1) is 24.6 Å². The minimum atomic E-state index is -4.46. The van der Waals surface area contributed by atoms with Crippen molar-refractivity contribution in [3.05, 3.63) is 47.8 Å². The molecule has 0 N–H and O–H groups in total. The third kappa shape index (κ3) is 4.45. The normalized spacial score (nSPS) is 16.5. The quantitative estimate of drug-likeness (QED) is 0.549. The second-order valence-electron chi connectivity index (χ2n) is 9.05. The lowest BCUT2D eigenvalue weighted by molar-refractivity contribution is -0.141. The van der Waals surface area contributed by atoms with Gasteiger partial charge in [0.25, 0.3) is 5.91 Å². The van der Waals surface area contributed by atoms with Gasteiger partial charge < -0.3 is 19.4 Å². The Kier molecular flexibility index (Phi) is 6.01. The highest BCUT2D eigenvalue weighted by Crippen LogP contribution is 2.35. The third-order valence-corrected chi connectivity index (χ3v) is 6.81. The number of fused-ring (bicyclic) bond motifs is 2. The van der Waals surface area contributed by atoms with Crippen LogP contribution >= 0.6 is 0 Å². The number of pyridine rings is 1. The molecule has 1 fully saturated rings. The van der Waals surface area contributed by atoms with Crippen molar-refractivity contribution in [1.82, 2.24) is 19.2 Å². The van der Waals surface area contributed by atoms with Crippen molar-refractivity contribution < 1.29 is 27.5 Å². The van der Waals surface area contributed by atoms with E-state index in [0.29, 0.717) is 25.1 Å². The summed E-state index contributed by atoms with van der Waals surface area (Å²) in [4.78, 5) is 33.9. The van der Waals surface area contributed by atoms with Crippen molar-refractivity contribution in [2.24, 2.45) is 0 Å². The molecule has 0 spiro atoms. The summed E-state index contributed by atoms with van der Waals surface area (Å²) in [6.07, 6.45) is -0.508. The number of nitrogens with zero attached hydrogens (tertiary/aromatic N) is 5. The zero-order valence-corrected chi connectivity index (χ0v) is 20.0. The molecule has 36 heavy (non-hydrogen) atoms. The van der Waals surface area contributed by atoms with Crippen LogP contribution < -0.4 is 9.64 Å². The molecule has 0 atom stereocenters. The molecule has 0 aliphatic carbocycles. The first kappa shape index (κ1) is 24.0. The summed E-state index contributed by atoms with van der Waals surface area (Å²) in [5.41, 5.74) is 4.13. The third-order valence-electron chi connectivity index (χ3n) is 6.81. The van der Waals surface area contributed by atoms with Crippen molar-refractivity contribution in [2.45, 2.75) is 19.5 Å². The predicted octanol–water partition coefficient (Wildman–Crippen LogP) is 3.24. The number of methoxy groups -OCH3 is 1. The molecule has 0 saturated carbocycles. The van der Waals surface area contributed by atoms with Crippen LogP contribution in [-0.4, -0.2) is 83.6 Å². The first-order chi connectivity index (χ1) is 17.1. The molecule has 2 aromatic heterocycles. The van der Waals surface area contributed by atoms with Gasteiger partial charge in [-0.15, -0.1) is 0 Å². The van der Waals surface area contributed by atoms with E-state index in [4.69, 9.17) is 4.74 Å². The molecule has 0 unspecified atom stereocenters. The van der Waals surface area contributed by atoms with Gasteiger partial charge in [-0.3, -0.25) is 14.0 Å². The maximum Gasteiger partial charge on any atom is 0.406 e. The largest absolute Gasteiger partial charge is 0.496 e. The summed E-state index contributed by atoms with van der Waals surface area (Å²) < 4.78 is 46.1. The molecular weight excluding hydrogens is 475 g/mol. The van der Waals surface area contributed by atoms with Crippen molar-refractivity contribution in [3.63, 3.8) is 0 Å². The summed E-state index contributed by atoms with van der Waals surface area (Å²) in [7, 11) is 1.40. The van der Waals surface area contributed by atoms with Gasteiger partial charge in [-0.1, -0.05) is 0 Å². The molecule has 0 radical (unpaired) electrons. The van der Waals surface area contributed by atoms with Crippen LogP contribution in [0.25, 0.3) is 16.9 Å². The number of hydrogen-bond acceptors (Lipinski definition) is 5. The van der Waals surface area contributed by atoms with Crippen molar-refractivity contribution in [1.29, 1.82) is 0 Å². The van der Waals surface area contributed by atoms with E-state index in [9.17, 15) is 22.8 Å². The number of imidazole rings is 1. The molecule has 4 heterocycles. The highest BCUT2D eigenvalue weighted by molar-refractivity contribution is 6.00. The molecule has 1 aromatic carbocycles. The van der Waals surface area contributed by atoms with Gasteiger partial charge in [0.2, 0.25) is 5.91 Å². The SMILES string of the molecule is COc1cc(-c2cnc3cc(N4CCN(C(C)=O)CC4)ccn23)cc2c1C(=O)N(CC(F)(F)F)CC2. The van der Waals surface area contributed by atoms with Crippen molar-refractivity contribution >= 4 is 23.1 Å². The maximum atomic E-state index is 12.9. The molecule has 2 aliphatic heterocycles. The Bertz CT molecular complexity index is 1310. The zero-order chi connectivity index (χ0) is 25.6. The van der Waals surface area contributed by atoms with E-state index in [1.807, 2.05) is 33.7 Å². The Hall–Kier alpha value is -3.76. The van der Waals surface area contributed by atoms with Crippen LogP contribution in [0.1, 0.15) is 22.8 Å². The zero-order valence-electron chi connectivity index (χ0n) is 20.0. The average molecular weight is 502 g/mol. The van der Waals surface area contributed by atoms with E-state index in [0.717, 1.165) is 40.6 Å². The number of benzene rings is 1. The molecule has 190 valence electrons. The molecule has 2 aliphatic rings. The van der Waals surface area contributed by atoms with E-state index in [1.54, 1.807) is 19.2 Å². The van der Waals surface area contributed by atoms with E-state index in [-0.39, 0.29) is 23.8 Å². The number of aromatic nitrogens is 2. The van der Waals surface area contributed by atoms with E-state index in [1.165, 1.54) is 7.11 Å². The van der Waals surface area contributed by atoms with Gasteiger partial charge >= 0.3 is 6.18 Å².